The van der Waals surface area contributed by atoms with Crippen LogP contribution in [0.15, 0.2) is 21.9 Å². The van der Waals surface area contributed by atoms with Gasteiger partial charge in [-0.25, -0.2) is 4.79 Å². The van der Waals surface area contributed by atoms with Gasteiger partial charge in [0.15, 0.2) is 12.3 Å². The van der Waals surface area contributed by atoms with Crippen LogP contribution < -0.4 is 21.9 Å². The number of aromatic nitrogens is 2. The van der Waals surface area contributed by atoms with Crippen LogP contribution >= 0.6 is 15.2 Å². The van der Waals surface area contributed by atoms with Crippen LogP contribution in [0.2, 0.25) is 0 Å². The second kappa shape index (κ2) is 14.4. The quantitative estimate of drug-likeness (QED) is 0.155. The maximum absolute atomic E-state index is 13.5. The minimum Gasteiger partial charge on any atom is -0.387 e. The third-order valence-electron chi connectivity index (χ3n) is 5.17. The number of hydrogen-bond donors (Lipinski definition) is 5. The molecule has 1 saturated heterocycles. The SMILES string of the molecule is CCOP(=O)(OCC)C(NC(=O)CNC(=O)[C@H]1O[C@@H](n2ccc(=O)[nH]c2=O)[C@@H](O)[C@H]1O)P(=O)(OCC)OCC. The molecule has 1 aliphatic heterocycles. The summed E-state index contributed by atoms with van der Waals surface area (Å²) in [5.41, 5.74) is -3.54. The maximum Gasteiger partial charge on any atom is 0.365 e. The van der Waals surface area contributed by atoms with Crippen molar-refractivity contribution < 1.29 is 51.8 Å². The molecule has 0 unspecified atom stereocenters. The first-order valence-electron chi connectivity index (χ1n) is 12.0. The van der Waals surface area contributed by atoms with Gasteiger partial charge in [0.25, 0.3) is 11.5 Å². The van der Waals surface area contributed by atoms with Gasteiger partial charge in [-0.2, -0.15) is 0 Å². The lowest BCUT2D eigenvalue weighted by molar-refractivity contribution is -0.139. The van der Waals surface area contributed by atoms with Crippen molar-refractivity contribution in [2.45, 2.75) is 57.8 Å². The zero-order valence-corrected chi connectivity index (χ0v) is 23.6. The summed E-state index contributed by atoms with van der Waals surface area (Å²) in [5, 5.41) is 25.0. The number of rotatable bonds is 15. The highest BCUT2D eigenvalue weighted by molar-refractivity contribution is 7.72. The molecule has 2 amide bonds. The number of aliphatic hydroxyl groups is 2. The molecule has 2 rings (SSSR count). The van der Waals surface area contributed by atoms with Gasteiger partial charge in [-0.1, -0.05) is 0 Å². The van der Waals surface area contributed by atoms with E-state index in [1.807, 2.05) is 4.98 Å². The lowest BCUT2D eigenvalue weighted by atomic mass is 10.1. The van der Waals surface area contributed by atoms with Gasteiger partial charge in [0.2, 0.25) is 11.4 Å². The van der Waals surface area contributed by atoms with Crippen molar-refractivity contribution in [1.82, 2.24) is 20.2 Å². The zero-order chi connectivity index (χ0) is 29.4. The molecule has 17 nitrogen and oxygen atoms in total. The number of hydrogen-bond acceptors (Lipinski definition) is 13. The minimum atomic E-state index is -4.31. The molecule has 1 aromatic heterocycles. The number of ether oxygens (including phenoxy) is 1. The minimum absolute atomic E-state index is 0.128. The van der Waals surface area contributed by atoms with E-state index in [0.717, 1.165) is 16.8 Å². The Morgan fingerprint density at radius 3 is 1.97 bits per heavy atom. The lowest BCUT2D eigenvalue weighted by Crippen LogP contribution is -2.47. The van der Waals surface area contributed by atoms with Crippen molar-refractivity contribution in [3.05, 3.63) is 33.1 Å². The van der Waals surface area contributed by atoms with Gasteiger partial charge in [0.1, 0.15) is 12.2 Å². The molecule has 0 saturated carbocycles. The summed E-state index contributed by atoms with van der Waals surface area (Å²) in [6.45, 7) is 4.72. The molecule has 222 valence electrons. The topological polar surface area (TPSA) is 234 Å². The van der Waals surface area contributed by atoms with E-state index < -0.39 is 74.9 Å². The molecule has 0 bridgehead atoms. The zero-order valence-electron chi connectivity index (χ0n) is 21.8. The summed E-state index contributed by atoms with van der Waals surface area (Å²) < 4.78 is 54.0. The second-order valence-corrected chi connectivity index (χ2v) is 12.5. The van der Waals surface area contributed by atoms with Crippen LogP contribution in [0.25, 0.3) is 0 Å². The van der Waals surface area contributed by atoms with E-state index in [0.29, 0.717) is 0 Å². The highest BCUT2D eigenvalue weighted by Crippen LogP contribution is 2.69. The van der Waals surface area contributed by atoms with Crippen LogP contribution in [0.5, 0.6) is 0 Å². The Hall–Kier alpha value is -2.20. The van der Waals surface area contributed by atoms with Gasteiger partial charge in [-0.05, 0) is 27.7 Å². The molecule has 1 fully saturated rings. The molecule has 19 heteroatoms. The van der Waals surface area contributed by atoms with Crippen LogP contribution in [0.3, 0.4) is 0 Å². The molecule has 5 N–H and O–H groups in total. The van der Waals surface area contributed by atoms with Crippen molar-refractivity contribution in [1.29, 1.82) is 0 Å². The van der Waals surface area contributed by atoms with Crippen LogP contribution in [0, 0.1) is 0 Å². The molecule has 0 aliphatic carbocycles. The number of H-pyrrole nitrogens is 1. The molecular weight excluding hydrogens is 566 g/mol. The molecule has 1 aliphatic rings. The normalized spacial score (nSPS) is 21.7. The Labute approximate surface area is 223 Å². The summed E-state index contributed by atoms with van der Waals surface area (Å²) in [6, 6.07) is 0.977. The van der Waals surface area contributed by atoms with E-state index in [4.69, 9.17) is 22.8 Å². The third kappa shape index (κ3) is 7.93. The number of carbonyl (C=O) groups excluding carboxylic acids is 2. The fourth-order valence-electron chi connectivity index (χ4n) is 3.60. The summed E-state index contributed by atoms with van der Waals surface area (Å²) in [5.74, 6) is -2.06. The Balaban J connectivity index is 2.18. The van der Waals surface area contributed by atoms with Crippen molar-refractivity contribution in [3.8, 4) is 0 Å². The van der Waals surface area contributed by atoms with Crippen LogP contribution in [-0.2, 0) is 41.6 Å². The van der Waals surface area contributed by atoms with E-state index in [9.17, 15) is 38.5 Å². The van der Waals surface area contributed by atoms with E-state index in [1.54, 1.807) is 0 Å². The Bertz CT molecular complexity index is 1150. The fourth-order valence-corrected chi connectivity index (χ4v) is 8.55. The van der Waals surface area contributed by atoms with Gasteiger partial charge in [0.05, 0.1) is 33.0 Å². The second-order valence-electron chi connectivity index (χ2n) is 7.86. The number of carbonyl (C=O) groups is 2. The molecule has 1 aromatic rings. The Morgan fingerprint density at radius 1 is 1.00 bits per heavy atom. The fraction of sp³-hybridized carbons (Fsp3) is 0.700. The molecular formula is C20H34N4O13P2. The summed E-state index contributed by atoms with van der Waals surface area (Å²) in [7, 11) is -8.63. The van der Waals surface area contributed by atoms with Gasteiger partial charge in [-0.3, -0.25) is 33.1 Å². The Kier molecular flexibility index (Phi) is 12.2. The van der Waals surface area contributed by atoms with E-state index in [-0.39, 0.29) is 26.4 Å². The lowest BCUT2D eigenvalue weighted by Gasteiger charge is -2.31. The maximum atomic E-state index is 13.5. The Morgan fingerprint density at radius 2 is 1.51 bits per heavy atom. The predicted octanol–water partition coefficient (Wildman–Crippen LogP) is -0.796. The summed E-state index contributed by atoms with van der Waals surface area (Å²) in [6.07, 6.45) is -5.78. The van der Waals surface area contributed by atoms with Crippen LogP contribution in [0.4, 0.5) is 0 Å². The summed E-state index contributed by atoms with van der Waals surface area (Å²) >= 11 is 0. The van der Waals surface area contributed by atoms with Gasteiger partial charge < -0.3 is 43.7 Å². The van der Waals surface area contributed by atoms with E-state index >= 15 is 0 Å². The standard InChI is InChI=1S/C20H34N4O13P2/c1-5-33-38(31,34-6-2)20(39(32,35-7-3)36-8-4)23-13(26)11-21-17(29)16-14(27)15(28)18(37-16)24-10-9-12(25)22-19(24)30/h9-10,14-16,18,20,27-28H,5-8,11H2,1-4H3,(H,21,29)(H,23,26)(H,22,25,30)/t14-,15+,16+,18-/m1/s1. The first kappa shape index (κ1) is 33.0. The molecule has 0 spiro atoms. The van der Waals surface area contributed by atoms with E-state index in [1.165, 1.54) is 27.7 Å². The van der Waals surface area contributed by atoms with Gasteiger partial charge >= 0.3 is 20.9 Å². The van der Waals surface area contributed by atoms with Crippen molar-refractivity contribution in [3.63, 3.8) is 0 Å². The monoisotopic (exact) mass is 600 g/mol. The average Bonchev–Trinajstić information content (AvgIpc) is 3.15. The van der Waals surface area contributed by atoms with Gasteiger partial charge in [-0.15, -0.1) is 0 Å². The molecule has 0 radical (unpaired) electrons. The number of nitrogens with zero attached hydrogens (tertiary/aromatic N) is 1. The van der Waals surface area contributed by atoms with Crippen LogP contribution in [0.1, 0.15) is 33.9 Å². The number of nitrogens with one attached hydrogen (secondary N) is 3. The van der Waals surface area contributed by atoms with Crippen molar-refractivity contribution in [2.24, 2.45) is 0 Å². The predicted molar refractivity (Wildman–Crippen MR) is 134 cm³/mol. The highest BCUT2D eigenvalue weighted by Gasteiger charge is 2.52. The van der Waals surface area contributed by atoms with Gasteiger partial charge in [0, 0.05) is 12.3 Å². The highest BCUT2D eigenvalue weighted by atomic mass is 31.2. The first-order valence-corrected chi connectivity index (χ1v) is 15.3. The molecule has 39 heavy (non-hydrogen) atoms. The number of aromatic amines is 1. The largest absolute Gasteiger partial charge is 0.387 e. The average molecular weight is 600 g/mol. The smallest absolute Gasteiger partial charge is 0.365 e. The van der Waals surface area contributed by atoms with Crippen molar-refractivity contribution in [2.75, 3.05) is 33.0 Å². The van der Waals surface area contributed by atoms with Crippen LogP contribution in [-0.4, -0.2) is 88.4 Å². The summed E-state index contributed by atoms with van der Waals surface area (Å²) in [4.78, 5) is 50.7. The number of aliphatic hydroxyl groups excluding tert-OH is 2. The molecule has 4 atom stereocenters. The molecule has 2 heterocycles. The first-order chi connectivity index (χ1) is 18.4. The van der Waals surface area contributed by atoms with E-state index in [2.05, 4.69) is 10.6 Å². The van der Waals surface area contributed by atoms with Crippen molar-refractivity contribution >= 4 is 27.0 Å². The molecule has 0 aromatic carbocycles. The third-order valence-corrected chi connectivity index (χ3v) is 10.8. The number of amides is 2.